The summed E-state index contributed by atoms with van der Waals surface area (Å²) in [6.45, 7) is 2.55. The fourth-order valence-electron chi connectivity index (χ4n) is 1.91. The summed E-state index contributed by atoms with van der Waals surface area (Å²) >= 11 is 1.74. The molecule has 1 aromatic rings. The number of nitrogens with zero attached hydrogens (tertiary/aromatic N) is 2. The molecule has 0 bridgehead atoms. The summed E-state index contributed by atoms with van der Waals surface area (Å²) in [6, 6.07) is 4.21. The Morgan fingerprint density at radius 2 is 2.39 bits per heavy atom. The summed E-state index contributed by atoms with van der Waals surface area (Å²) in [5, 5.41) is 4.15. The maximum absolute atomic E-state index is 6.07. The van der Waals surface area contributed by atoms with Crippen molar-refractivity contribution >= 4 is 11.3 Å². The minimum absolute atomic E-state index is 0.0462. The van der Waals surface area contributed by atoms with E-state index in [2.05, 4.69) is 53.0 Å². The van der Waals surface area contributed by atoms with Crippen molar-refractivity contribution in [3.05, 3.63) is 34.2 Å². The molecule has 0 fully saturated rings. The number of ether oxygens (including phenoxy) is 1. The highest BCUT2D eigenvalue weighted by atomic mass is 32.1. The highest BCUT2D eigenvalue weighted by Gasteiger charge is 2.24. The molecule has 18 heavy (non-hydrogen) atoms. The Morgan fingerprint density at radius 3 is 2.94 bits per heavy atom. The molecule has 2 heterocycles. The minimum Gasteiger partial charge on any atom is -0.365 e. The van der Waals surface area contributed by atoms with Gasteiger partial charge in [-0.25, -0.2) is 5.43 Å². The largest absolute Gasteiger partial charge is 0.365 e. The van der Waals surface area contributed by atoms with Crippen molar-refractivity contribution in [3.8, 4) is 0 Å². The van der Waals surface area contributed by atoms with E-state index in [0.29, 0.717) is 0 Å². The van der Waals surface area contributed by atoms with Crippen molar-refractivity contribution in [3.63, 3.8) is 0 Å². The maximum atomic E-state index is 6.07. The van der Waals surface area contributed by atoms with Crippen LogP contribution in [-0.4, -0.2) is 50.7 Å². The molecule has 1 aliphatic rings. The van der Waals surface area contributed by atoms with Crippen LogP contribution >= 0.6 is 11.3 Å². The van der Waals surface area contributed by atoms with Crippen LogP contribution in [0.5, 0.6) is 0 Å². The van der Waals surface area contributed by atoms with Gasteiger partial charge in [0.1, 0.15) is 6.10 Å². The van der Waals surface area contributed by atoms with E-state index >= 15 is 0 Å². The SMILES string of the molecule is CN(C)CCOC(C1=CCNN1C)c1cccs1. The van der Waals surface area contributed by atoms with Gasteiger partial charge in [-0.2, -0.15) is 0 Å². The second-order valence-corrected chi connectivity index (χ2v) is 5.60. The molecule has 100 valence electrons. The molecule has 5 heteroatoms. The van der Waals surface area contributed by atoms with E-state index in [1.807, 2.05) is 7.05 Å². The summed E-state index contributed by atoms with van der Waals surface area (Å²) < 4.78 is 6.07. The normalized spacial score (nSPS) is 17.3. The third kappa shape index (κ3) is 3.32. The van der Waals surface area contributed by atoms with Crippen LogP contribution in [0.3, 0.4) is 0 Å². The first-order valence-electron chi connectivity index (χ1n) is 6.15. The van der Waals surface area contributed by atoms with Crippen molar-refractivity contribution in [1.29, 1.82) is 0 Å². The summed E-state index contributed by atoms with van der Waals surface area (Å²) in [5.74, 6) is 0. The van der Waals surface area contributed by atoms with Crippen molar-refractivity contribution in [2.45, 2.75) is 6.10 Å². The van der Waals surface area contributed by atoms with E-state index in [0.717, 1.165) is 19.7 Å². The predicted octanol–water partition coefficient (Wildman–Crippen LogP) is 1.70. The first kappa shape index (κ1) is 13.5. The lowest BCUT2D eigenvalue weighted by Crippen LogP contribution is -2.30. The van der Waals surface area contributed by atoms with Crippen LogP contribution in [-0.2, 0) is 4.74 Å². The molecule has 0 aliphatic carbocycles. The van der Waals surface area contributed by atoms with Crippen molar-refractivity contribution in [2.75, 3.05) is 40.8 Å². The van der Waals surface area contributed by atoms with E-state index in [1.54, 1.807) is 11.3 Å². The molecule has 0 spiro atoms. The number of hydrazine groups is 1. The topological polar surface area (TPSA) is 27.7 Å². The lowest BCUT2D eigenvalue weighted by atomic mass is 10.2. The Balaban J connectivity index is 2.04. The molecule has 1 unspecified atom stereocenters. The van der Waals surface area contributed by atoms with Gasteiger partial charge in [0.15, 0.2) is 0 Å². The fraction of sp³-hybridized carbons (Fsp3) is 0.538. The molecule has 0 aromatic carbocycles. The van der Waals surface area contributed by atoms with Crippen LogP contribution in [0.25, 0.3) is 0 Å². The van der Waals surface area contributed by atoms with Crippen LogP contribution in [0.2, 0.25) is 0 Å². The number of rotatable bonds is 6. The van der Waals surface area contributed by atoms with Gasteiger partial charge in [-0.1, -0.05) is 6.07 Å². The van der Waals surface area contributed by atoms with Crippen LogP contribution in [0.4, 0.5) is 0 Å². The molecule has 1 aromatic heterocycles. The molecule has 0 saturated heterocycles. The zero-order valence-corrected chi connectivity index (χ0v) is 12.0. The first-order valence-corrected chi connectivity index (χ1v) is 7.03. The Morgan fingerprint density at radius 1 is 1.56 bits per heavy atom. The number of likely N-dealkylation sites (N-methyl/N-ethyl adjacent to an activating group) is 2. The highest BCUT2D eigenvalue weighted by molar-refractivity contribution is 7.10. The van der Waals surface area contributed by atoms with E-state index in [-0.39, 0.29) is 6.10 Å². The average Bonchev–Trinajstić information content (AvgIpc) is 2.96. The van der Waals surface area contributed by atoms with Gasteiger partial charge in [-0.3, -0.25) is 0 Å². The van der Waals surface area contributed by atoms with Gasteiger partial charge < -0.3 is 14.6 Å². The zero-order valence-electron chi connectivity index (χ0n) is 11.2. The van der Waals surface area contributed by atoms with E-state index in [1.165, 1.54) is 10.6 Å². The van der Waals surface area contributed by atoms with Gasteiger partial charge >= 0.3 is 0 Å². The predicted molar refractivity (Wildman–Crippen MR) is 75.4 cm³/mol. The summed E-state index contributed by atoms with van der Waals surface area (Å²) in [4.78, 5) is 3.40. The number of hydrogen-bond donors (Lipinski definition) is 1. The van der Waals surface area contributed by atoms with E-state index in [9.17, 15) is 0 Å². The monoisotopic (exact) mass is 267 g/mol. The lowest BCUT2D eigenvalue weighted by molar-refractivity contribution is 0.0500. The Labute approximate surface area is 113 Å². The van der Waals surface area contributed by atoms with Crippen molar-refractivity contribution in [1.82, 2.24) is 15.3 Å². The molecular formula is C13H21N3OS. The quantitative estimate of drug-likeness (QED) is 0.849. The van der Waals surface area contributed by atoms with Crippen LogP contribution in [0.15, 0.2) is 29.3 Å². The highest BCUT2D eigenvalue weighted by Crippen LogP contribution is 2.31. The van der Waals surface area contributed by atoms with Crippen molar-refractivity contribution in [2.24, 2.45) is 0 Å². The van der Waals surface area contributed by atoms with Gasteiger partial charge in [-0.15, -0.1) is 11.3 Å². The van der Waals surface area contributed by atoms with Gasteiger partial charge in [0.2, 0.25) is 0 Å². The summed E-state index contributed by atoms with van der Waals surface area (Å²) in [7, 11) is 6.16. The molecule has 4 nitrogen and oxygen atoms in total. The number of thiophene rings is 1. The Hall–Kier alpha value is -0.880. The number of nitrogens with one attached hydrogen (secondary N) is 1. The van der Waals surface area contributed by atoms with Gasteiger partial charge in [-0.05, 0) is 31.6 Å². The van der Waals surface area contributed by atoms with E-state index in [4.69, 9.17) is 4.74 Å². The fourth-order valence-corrected chi connectivity index (χ4v) is 2.69. The minimum atomic E-state index is 0.0462. The molecule has 0 radical (unpaired) electrons. The first-order chi connectivity index (χ1) is 8.68. The zero-order chi connectivity index (χ0) is 13.0. The second-order valence-electron chi connectivity index (χ2n) is 4.62. The molecule has 2 rings (SSSR count). The van der Waals surface area contributed by atoms with Gasteiger partial charge in [0.25, 0.3) is 0 Å². The number of hydrogen-bond acceptors (Lipinski definition) is 5. The lowest BCUT2D eigenvalue weighted by Gasteiger charge is -2.25. The van der Waals surface area contributed by atoms with Crippen molar-refractivity contribution < 1.29 is 4.74 Å². The standard InChI is InChI=1S/C13H21N3OS/c1-15(2)8-9-17-13(12-5-4-10-18-12)11-6-7-14-16(11)3/h4-6,10,13-14H,7-9H2,1-3H3. The third-order valence-electron chi connectivity index (χ3n) is 2.92. The molecular weight excluding hydrogens is 246 g/mol. The summed E-state index contributed by atoms with van der Waals surface area (Å²) in [6.07, 6.45) is 2.24. The maximum Gasteiger partial charge on any atom is 0.132 e. The third-order valence-corrected chi connectivity index (χ3v) is 3.84. The smallest absolute Gasteiger partial charge is 0.132 e. The van der Waals surface area contributed by atoms with Crippen LogP contribution < -0.4 is 5.43 Å². The molecule has 0 saturated carbocycles. The molecule has 1 aliphatic heterocycles. The average molecular weight is 267 g/mol. The van der Waals surface area contributed by atoms with Crippen LogP contribution in [0, 0.1) is 0 Å². The van der Waals surface area contributed by atoms with Gasteiger partial charge in [0.05, 0.1) is 12.3 Å². The molecule has 0 amide bonds. The Kier molecular flexibility index (Phi) is 4.77. The summed E-state index contributed by atoms with van der Waals surface area (Å²) in [5.41, 5.74) is 4.47. The van der Waals surface area contributed by atoms with Crippen LogP contribution in [0.1, 0.15) is 11.0 Å². The molecule has 1 atom stereocenters. The molecule has 1 N–H and O–H groups in total. The second kappa shape index (κ2) is 6.33. The van der Waals surface area contributed by atoms with E-state index < -0.39 is 0 Å². The Bertz CT molecular complexity index is 389. The van der Waals surface area contributed by atoms with Gasteiger partial charge in [0, 0.05) is 25.0 Å².